The maximum absolute atomic E-state index is 14.1. The van der Waals surface area contributed by atoms with Gasteiger partial charge in [0.15, 0.2) is 0 Å². The van der Waals surface area contributed by atoms with Gasteiger partial charge in [0.1, 0.15) is 16.5 Å². The molecule has 1 N–H and O–H groups in total. The molecular formula is C22H23FN4OS. The normalized spacial score (nSPS) is 18.3. The van der Waals surface area contributed by atoms with Gasteiger partial charge in [-0.15, -0.1) is 11.3 Å². The predicted molar refractivity (Wildman–Crippen MR) is 111 cm³/mol. The Morgan fingerprint density at radius 3 is 2.83 bits per heavy atom. The smallest absolute Gasteiger partial charge is 0.270 e. The number of pyridine rings is 1. The van der Waals surface area contributed by atoms with Crippen LogP contribution in [-0.4, -0.2) is 33.9 Å². The number of benzene rings is 1. The van der Waals surface area contributed by atoms with Crippen LogP contribution < -0.4 is 5.32 Å². The van der Waals surface area contributed by atoms with Crippen LogP contribution in [-0.2, 0) is 6.54 Å². The second-order valence-corrected chi connectivity index (χ2v) is 8.19. The van der Waals surface area contributed by atoms with Gasteiger partial charge in [-0.3, -0.25) is 14.7 Å². The molecule has 0 saturated carbocycles. The standard InChI is InChI=1S/C22H23FN4OS/c23-18-8-2-1-6-16(18)14-27-12-5-7-17(15-27)20(22-25-11-13-29-22)26-21(28)19-9-3-4-10-24-19/h1-4,6,8-11,13,17,20H,5,7,12,14-15H2,(H,26,28)/t17-,20+/m0/s1. The zero-order chi connectivity index (χ0) is 20.1. The van der Waals surface area contributed by atoms with Crippen LogP contribution in [0.15, 0.2) is 60.2 Å². The van der Waals surface area contributed by atoms with E-state index < -0.39 is 0 Å². The van der Waals surface area contributed by atoms with E-state index in [1.54, 1.807) is 48.0 Å². The van der Waals surface area contributed by atoms with Gasteiger partial charge in [-0.2, -0.15) is 0 Å². The maximum atomic E-state index is 14.1. The lowest BCUT2D eigenvalue weighted by Crippen LogP contribution is -2.43. The summed E-state index contributed by atoms with van der Waals surface area (Å²) in [4.78, 5) is 23.6. The minimum absolute atomic E-state index is 0.172. The molecule has 29 heavy (non-hydrogen) atoms. The molecule has 2 atom stereocenters. The number of carbonyl (C=O) groups is 1. The predicted octanol–water partition coefficient (Wildman–Crippen LogP) is 4.06. The average Bonchev–Trinajstić information content (AvgIpc) is 3.29. The van der Waals surface area contributed by atoms with Crippen molar-refractivity contribution >= 4 is 17.2 Å². The van der Waals surface area contributed by atoms with Crippen molar-refractivity contribution in [1.29, 1.82) is 0 Å². The summed E-state index contributed by atoms with van der Waals surface area (Å²) in [6.07, 6.45) is 5.37. The van der Waals surface area contributed by atoms with Crippen molar-refractivity contribution in [3.05, 3.63) is 82.3 Å². The number of carbonyl (C=O) groups excluding carboxylic acids is 1. The molecule has 0 unspecified atom stereocenters. The largest absolute Gasteiger partial charge is 0.341 e. The highest BCUT2D eigenvalue weighted by atomic mass is 32.1. The van der Waals surface area contributed by atoms with Gasteiger partial charge in [0.25, 0.3) is 5.91 Å². The SMILES string of the molecule is O=C(N[C@@H](c1nccs1)[C@H]1CCCN(Cc2ccccc2F)C1)c1ccccn1. The van der Waals surface area contributed by atoms with Crippen LogP contribution in [0, 0.1) is 11.7 Å². The van der Waals surface area contributed by atoms with E-state index in [9.17, 15) is 9.18 Å². The number of amides is 1. The van der Waals surface area contributed by atoms with E-state index in [-0.39, 0.29) is 23.7 Å². The molecule has 1 aromatic carbocycles. The van der Waals surface area contributed by atoms with Crippen molar-refractivity contribution in [2.75, 3.05) is 13.1 Å². The van der Waals surface area contributed by atoms with Crippen molar-refractivity contribution in [2.24, 2.45) is 5.92 Å². The van der Waals surface area contributed by atoms with E-state index in [1.165, 1.54) is 6.07 Å². The molecule has 1 amide bonds. The molecule has 1 aliphatic heterocycles. The van der Waals surface area contributed by atoms with Crippen molar-refractivity contribution in [2.45, 2.75) is 25.4 Å². The van der Waals surface area contributed by atoms with E-state index in [2.05, 4.69) is 20.2 Å². The first-order chi connectivity index (χ1) is 14.2. The highest BCUT2D eigenvalue weighted by Crippen LogP contribution is 2.32. The molecule has 0 aliphatic carbocycles. The van der Waals surface area contributed by atoms with E-state index >= 15 is 0 Å². The molecule has 7 heteroatoms. The van der Waals surface area contributed by atoms with Crippen molar-refractivity contribution in [1.82, 2.24) is 20.2 Å². The van der Waals surface area contributed by atoms with Crippen molar-refractivity contribution in [3.63, 3.8) is 0 Å². The summed E-state index contributed by atoms with van der Waals surface area (Å²) in [5.74, 6) is -0.166. The summed E-state index contributed by atoms with van der Waals surface area (Å²) < 4.78 is 14.1. The monoisotopic (exact) mass is 410 g/mol. The number of piperidine rings is 1. The van der Waals surface area contributed by atoms with Crippen LogP contribution in [0.2, 0.25) is 0 Å². The van der Waals surface area contributed by atoms with Gasteiger partial charge < -0.3 is 5.32 Å². The molecule has 4 rings (SSSR count). The minimum Gasteiger partial charge on any atom is -0.341 e. The third kappa shape index (κ3) is 4.86. The Morgan fingerprint density at radius 1 is 1.21 bits per heavy atom. The summed E-state index contributed by atoms with van der Waals surface area (Å²) in [7, 11) is 0. The number of halogens is 1. The molecular weight excluding hydrogens is 387 g/mol. The molecule has 2 aromatic heterocycles. The fourth-order valence-corrected chi connectivity index (χ4v) is 4.64. The van der Waals surface area contributed by atoms with Crippen molar-refractivity contribution in [3.8, 4) is 0 Å². The highest BCUT2D eigenvalue weighted by molar-refractivity contribution is 7.09. The van der Waals surface area contributed by atoms with Crippen LogP contribution in [0.25, 0.3) is 0 Å². The number of likely N-dealkylation sites (tertiary alicyclic amines) is 1. The Hall–Kier alpha value is -2.64. The van der Waals surface area contributed by atoms with Crippen molar-refractivity contribution < 1.29 is 9.18 Å². The number of rotatable bonds is 6. The topological polar surface area (TPSA) is 58.1 Å². The third-order valence-corrected chi connectivity index (χ3v) is 6.13. The van der Waals surface area contributed by atoms with Crippen LogP contribution in [0.4, 0.5) is 4.39 Å². The van der Waals surface area contributed by atoms with Gasteiger partial charge in [-0.25, -0.2) is 9.37 Å². The number of hydrogen-bond donors (Lipinski definition) is 1. The molecule has 150 valence electrons. The third-order valence-electron chi connectivity index (χ3n) is 5.27. The number of hydrogen-bond acceptors (Lipinski definition) is 5. The lowest BCUT2D eigenvalue weighted by atomic mass is 9.90. The Balaban J connectivity index is 1.50. The lowest BCUT2D eigenvalue weighted by Gasteiger charge is -2.36. The summed E-state index contributed by atoms with van der Waals surface area (Å²) in [6.45, 7) is 2.27. The molecule has 5 nitrogen and oxygen atoms in total. The highest BCUT2D eigenvalue weighted by Gasteiger charge is 2.31. The average molecular weight is 411 g/mol. The lowest BCUT2D eigenvalue weighted by molar-refractivity contribution is 0.0872. The Morgan fingerprint density at radius 2 is 2.07 bits per heavy atom. The number of nitrogens with one attached hydrogen (secondary N) is 1. The molecule has 0 bridgehead atoms. The number of thiazole rings is 1. The van der Waals surface area contributed by atoms with Gasteiger partial charge in [0.2, 0.25) is 0 Å². The fourth-order valence-electron chi connectivity index (χ4n) is 3.86. The summed E-state index contributed by atoms with van der Waals surface area (Å²) >= 11 is 1.54. The van der Waals surface area contributed by atoms with Gasteiger partial charge in [0.05, 0.1) is 6.04 Å². The molecule has 0 spiro atoms. The number of aromatic nitrogens is 2. The van der Waals surface area contributed by atoms with E-state index in [0.717, 1.165) is 30.9 Å². The first-order valence-electron chi connectivity index (χ1n) is 9.78. The van der Waals surface area contributed by atoms with Crippen LogP contribution in [0.5, 0.6) is 0 Å². The van der Waals surface area contributed by atoms with Gasteiger partial charge in [-0.1, -0.05) is 24.3 Å². The first-order valence-corrected chi connectivity index (χ1v) is 10.7. The van der Waals surface area contributed by atoms with E-state index in [0.29, 0.717) is 17.8 Å². The van der Waals surface area contributed by atoms with Crippen LogP contribution >= 0.6 is 11.3 Å². The zero-order valence-corrected chi connectivity index (χ0v) is 16.8. The zero-order valence-electron chi connectivity index (χ0n) is 16.0. The maximum Gasteiger partial charge on any atom is 0.270 e. The fraction of sp³-hybridized carbons (Fsp3) is 0.318. The summed E-state index contributed by atoms with van der Waals surface area (Å²) in [6, 6.07) is 12.0. The Labute approximate surface area is 173 Å². The van der Waals surface area contributed by atoms with Gasteiger partial charge in [-0.05, 0) is 43.5 Å². The molecule has 1 fully saturated rings. The van der Waals surface area contributed by atoms with E-state index in [1.807, 2.05) is 17.5 Å². The first kappa shape index (κ1) is 19.7. The van der Waals surface area contributed by atoms with E-state index in [4.69, 9.17) is 0 Å². The number of nitrogens with zero attached hydrogens (tertiary/aromatic N) is 3. The molecule has 3 heterocycles. The Bertz CT molecular complexity index is 935. The second kappa shape index (κ2) is 9.24. The van der Waals surface area contributed by atoms with Crippen LogP contribution in [0.1, 0.15) is 39.9 Å². The summed E-state index contributed by atoms with van der Waals surface area (Å²) in [5, 5.41) is 5.97. The quantitative estimate of drug-likeness (QED) is 0.666. The van der Waals surface area contributed by atoms with Gasteiger partial charge >= 0.3 is 0 Å². The molecule has 1 aliphatic rings. The molecule has 3 aromatic rings. The minimum atomic E-state index is -0.197. The van der Waals surface area contributed by atoms with Crippen LogP contribution in [0.3, 0.4) is 0 Å². The molecule has 0 radical (unpaired) electrons. The summed E-state index contributed by atoms with van der Waals surface area (Å²) in [5.41, 5.74) is 1.10. The Kier molecular flexibility index (Phi) is 6.27. The molecule has 1 saturated heterocycles. The van der Waals surface area contributed by atoms with Gasteiger partial charge in [0, 0.05) is 36.4 Å². The second-order valence-electron chi connectivity index (χ2n) is 7.27.